The summed E-state index contributed by atoms with van der Waals surface area (Å²) in [5, 5.41) is 3.59. The summed E-state index contributed by atoms with van der Waals surface area (Å²) in [6.07, 6.45) is 1.58. The number of ether oxygens (including phenoxy) is 1. The molecular formula is C21H19N3O3S. The molecule has 0 saturated carbocycles. The Morgan fingerprint density at radius 3 is 2.61 bits per heavy atom. The smallest absolute Gasteiger partial charge is 0.257 e. The molecule has 142 valence electrons. The van der Waals surface area contributed by atoms with Gasteiger partial charge in [-0.1, -0.05) is 30.0 Å². The Balaban J connectivity index is 1.41. The minimum Gasteiger partial charge on any atom is -0.457 e. The van der Waals surface area contributed by atoms with Crippen molar-refractivity contribution in [2.24, 2.45) is 5.92 Å². The van der Waals surface area contributed by atoms with E-state index >= 15 is 0 Å². The quantitative estimate of drug-likeness (QED) is 0.684. The summed E-state index contributed by atoms with van der Waals surface area (Å²) in [4.78, 5) is 29.2. The van der Waals surface area contributed by atoms with Crippen LogP contribution >= 0.6 is 11.8 Å². The van der Waals surface area contributed by atoms with Gasteiger partial charge in [0.2, 0.25) is 5.91 Å². The number of thioether (sulfide) groups is 1. The molecule has 7 heteroatoms. The zero-order chi connectivity index (χ0) is 19.5. The van der Waals surface area contributed by atoms with E-state index in [1.165, 1.54) is 11.8 Å². The molecule has 2 heterocycles. The highest BCUT2D eigenvalue weighted by Crippen LogP contribution is 2.27. The maximum atomic E-state index is 12.7. The number of nitrogens with zero attached hydrogens (tertiary/aromatic N) is 2. The molecule has 4 rings (SSSR count). The fourth-order valence-electron chi connectivity index (χ4n) is 2.93. The van der Waals surface area contributed by atoms with Crippen molar-refractivity contribution in [3.05, 3.63) is 76.7 Å². The fraction of sp³-hybridized carbons (Fsp3) is 0.190. The van der Waals surface area contributed by atoms with Crippen molar-refractivity contribution < 1.29 is 9.53 Å². The SMILES string of the molecule is Cc1cnc2n(c1=O)CC(C(=O)Nc1ccc(Oc3ccccc3)cc1)CS2. The van der Waals surface area contributed by atoms with Crippen LogP contribution in [0.25, 0.3) is 0 Å². The van der Waals surface area contributed by atoms with Gasteiger partial charge in [-0.3, -0.25) is 14.2 Å². The van der Waals surface area contributed by atoms with Crippen molar-refractivity contribution in [3.8, 4) is 11.5 Å². The number of hydrogen-bond donors (Lipinski definition) is 1. The summed E-state index contributed by atoms with van der Waals surface area (Å²) < 4.78 is 7.34. The van der Waals surface area contributed by atoms with Gasteiger partial charge in [0.15, 0.2) is 5.16 Å². The molecule has 1 unspecified atom stereocenters. The zero-order valence-electron chi connectivity index (χ0n) is 15.3. The van der Waals surface area contributed by atoms with Gasteiger partial charge in [-0.15, -0.1) is 0 Å². The lowest BCUT2D eigenvalue weighted by Gasteiger charge is -2.24. The first kappa shape index (κ1) is 18.3. The van der Waals surface area contributed by atoms with E-state index in [2.05, 4.69) is 10.3 Å². The molecule has 28 heavy (non-hydrogen) atoms. The number of benzene rings is 2. The van der Waals surface area contributed by atoms with Crippen LogP contribution in [0.3, 0.4) is 0 Å². The van der Waals surface area contributed by atoms with Crippen LogP contribution in [0.15, 0.2) is 70.7 Å². The zero-order valence-corrected chi connectivity index (χ0v) is 16.1. The Hall–Kier alpha value is -3.06. The number of aromatic nitrogens is 2. The molecule has 1 amide bonds. The molecule has 0 radical (unpaired) electrons. The monoisotopic (exact) mass is 393 g/mol. The van der Waals surface area contributed by atoms with Gasteiger partial charge < -0.3 is 10.1 Å². The van der Waals surface area contributed by atoms with Crippen molar-refractivity contribution in [1.29, 1.82) is 0 Å². The Morgan fingerprint density at radius 1 is 1.14 bits per heavy atom. The van der Waals surface area contributed by atoms with Crippen LogP contribution in [-0.4, -0.2) is 21.2 Å². The van der Waals surface area contributed by atoms with Crippen LogP contribution in [0.5, 0.6) is 11.5 Å². The van der Waals surface area contributed by atoms with Gasteiger partial charge in [0.05, 0.1) is 5.92 Å². The van der Waals surface area contributed by atoms with Crippen LogP contribution < -0.4 is 15.6 Å². The maximum Gasteiger partial charge on any atom is 0.257 e. The third-order valence-corrected chi connectivity index (χ3v) is 5.62. The van der Waals surface area contributed by atoms with E-state index in [1.807, 2.05) is 42.5 Å². The molecular weight excluding hydrogens is 374 g/mol. The minimum atomic E-state index is -0.293. The number of carbonyl (C=O) groups excluding carboxylic acids is 1. The van der Waals surface area contributed by atoms with Gasteiger partial charge in [0.1, 0.15) is 11.5 Å². The van der Waals surface area contributed by atoms with Gasteiger partial charge >= 0.3 is 0 Å². The summed E-state index contributed by atoms with van der Waals surface area (Å²) in [7, 11) is 0. The number of rotatable bonds is 4. The molecule has 1 aliphatic heterocycles. The lowest BCUT2D eigenvalue weighted by atomic mass is 10.1. The third-order valence-electron chi connectivity index (χ3n) is 4.47. The maximum absolute atomic E-state index is 12.7. The Bertz CT molecular complexity index is 1050. The highest BCUT2D eigenvalue weighted by Gasteiger charge is 2.27. The van der Waals surface area contributed by atoms with E-state index in [1.54, 1.807) is 29.8 Å². The Morgan fingerprint density at radius 2 is 1.86 bits per heavy atom. The lowest BCUT2D eigenvalue weighted by molar-refractivity contribution is -0.119. The molecule has 1 atom stereocenters. The third kappa shape index (κ3) is 3.94. The summed E-state index contributed by atoms with van der Waals surface area (Å²) >= 11 is 1.43. The second kappa shape index (κ2) is 7.90. The van der Waals surface area contributed by atoms with E-state index in [0.29, 0.717) is 34.5 Å². The molecule has 0 bridgehead atoms. The standard InChI is InChI=1S/C21H19N3O3S/c1-14-11-22-21-24(20(14)26)12-15(13-28-21)19(25)23-16-7-9-18(10-8-16)27-17-5-3-2-4-6-17/h2-11,15H,12-13H2,1H3,(H,23,25). The average Bonchev–Trinajstić information content (AvgIpc) is 2.73. The van der Waals surface area contributed by atoms with Gasteiger partial charge in [0, 0.05) is 29.7 Å². The van der Waals surface area contributed by atoms with Gasteiger partial charge in [-0.2, -0.15) is 0 Å². The summed E-state index contributed by atoms with van der Waals surface area (Å²) in [5.41, 5.74) is 1.19. The predicted molar refractivity (Wildman–Crippen MR) is 109 cm³/mol. The number of nitrogens with one attached hydrogen (secondary N) is 1. The summed E-state index contributed by atoms with van der Waals surface area (Å²) in [6.45, 7) is 2.08. The largest absolute Gasteiger partial charge is 0.457 e. The number of hydrogen-bond acceptors (Lipinski definition) is 5. The first-order valence-electron chi connectivity index (χ1n) is 8.93. The van der Waals surface area contributed by atoms with Gasteiger partial charge in [-0.05, 0) is 43.3 Å². The first-order valence-corrected chi connectivity index (χ1v) is 9.92. The second-order valence-electron chi connectivity index (χ2n) is 6.58. The van der Waals surface area contributed by atoms with Crippen molar-refractivity contribution in [2.75, 3.05) is 11.1 Å². The van der Waals surface area contributed by atoms with Gasteiger partial charge in [-0.25, -0.2) is 4.98 Å². The van der Waals surface area contributed by atoms with Crippen LogP contribution in [-0.2, 0) is 11.3 Å². The van der Waals surface area contributed by atoms with Crippen molar-refractivity contribution in [2.45, 2.75) is 18.6 Å². The number of anilines is 1. The van der Waals surface area contributed by atoms with Crippen LogP contribution in [0.4, 0.5) is 5.69 Å². The van der Waals surface area contributed by atoms with E-state index in [4.69, 9.17) is 4.74 Å². The van der Waals surface area contributed by atoms with Crippen molar-refractivity contribution >= 4 is 23.4 Å². The Labute approximate surface area is 166 Å². The van der Waals surface area contributed by atoms with Crippen LogP contribution in [0, 0.1) is 12.8 Å². The molecule has 0 fully saturated rings. The number of amides is 1. The summed E-state index contributed by atoms with van der Waals surface area (Å²) in [6, 6.07) is 16.7. The van der Waals surface area contributed by atoms with Crippen LogP contribution in [0.1, 0.15) is 5.56 Å². The first-order chi connectivity index (χ1) is 13.6. The number of fused-ring (bicyclic) bond motifs is 1. The van der Waals surface area contributed by atoms with Crippen LogP contribution in [0.2, 0.25) is 0 Å². The van der Waals surface area contributed by atoms with Crippen molar-refractivity contribution in [3.63, 3.8) is 0 Å². The normalized spacial score (nSPS) is 15.5. The fourth-order valence-corrected chi connectivity index (χ4v) is 3.98. The number of para-hydroxylation sites is 1. The van der Waals surface area contributed by atoms with E-state index in [0.717, 1.165) is 5.75 Å². The highest BCUT2D eigenvalue weighted by atomic mass is 32.2. The number of aryl methyl sites for hydroxylation is 1. The molecule has 2 aromatic carbocycles. The Kier molecular flexibility index (Phi) is 5.16. The molecule has 1 N–H and O–H groups in total. The highest BCUT2D eigenvalue weighted by molar-refractivity contribution is 7.99. The van der Waals surface area contributed by atoms with Gasteiger partial charge in [0.25, 0.3) is 5.56 Å². The molecule has 6 nitrogen and oxygen atoms in total. The topological polar surface area (TPSA) is 73.2 Å². The summed E-state index contributed by atoms with van der Waals surface area (Å²) in [5.74, 6) is 1.64. The van der Waals surface area contributed by atoms with E-state index in [9.17, 15) is 9.59 Å². The second-order valence-corrected chi connectivity index (χ2v) is 7.56. The number of carbonyl (C=O) groups is 1. The van der Waals surface area contributed by atoms with E-state index < -0.39 is 0 Å². The predicted octanol–water partition coefficient (Wildman–Crippen LogP) is 3.70. The molecule has 1 aromatic heterocycles. The average molecular weight is 393 g/mol. The molecule has 0 saturated heterocycles. The van der Waals surface area contributed by atoms with Crippen molar-refractivity contribution in [1.82, 2.24) is 9.55 Å². The molecule has 1 aliphatic rings. The molecule has 0 aliphatic carbocycles. The minimum absolute atomic E-state index is 0.0857. The lowest BCUT2D eigenvalue weighted by Crippen LogP contribution is -2.37. The van der Waals surface area contributed by atoms with E-state index in [-0.39, 0.29) is 17.4 Å². The molecule has 3 aromatic rings. The molecule has 0 spiro atoms.